The molecule has 2 aliphatic rings. The molecule has 0 spiro atoms. The van der Waals surface area contributed by atoms with E-state index in [0.717, 1.165) is 62.3 Å². The Bertz CT molecular complexity index is 828. The van der Waals surface area contributed by atoms with Crippen LogP contribution < -0.4 is 10.9 Å². The second kappa shape index (κ2) is 13.4. The zero-order valence-corrected chi connectivity index (χ0v) is 26.2. The van der Waals surface area contributed by atoms with E-state index in [0.29, 0.717) is 0 Å². The molecule has 4 nitrogen and oxygen atoms in total. The second-order valence-electron chi connectivity index (χ2n) is 12.5. The number of unbranched alkanes of at least 4 members (excludes halogenated alkanes) is 4. The number of rotatable bonds is 12. The van der Waals surface area contributed by atoms with Gasteiger partial charge in [-0.3, -0.25) is 0 Å². The predicted molar refractivity (Wildman–Crippen MR) is 165 cm³/mol. The molecule has 0 aromatic heterocycles. The van der Waals surface area contributed by atoms with Crippen molar-refractivity contribution >= 4 is 25.2 Å². The molecule has 0 radical (unpaired) electrons. The smallest absolute Gasteiger partial charge is 0.399 e. The fourth-order valence-electron chi connectivity index (χ4n) is 4.75. The first kappa shape index (κ1) is 32.9. The zero-order chi connectivity index (χ0) is 28.8. The molecule has 0 amide bonds. The van der Waals surface area contributed by atoms with Crippen LogP contribution in [0.1, 0.15) is 119 Å². The van der Waals surface area contributed by atoms with Crippen molar-refractivity contribution < 1.29 is 18.6 Å². The lowest BCUT2D eigenvalue weighted by Gasteiger charge is -2.32. The van der Waals surface area contributed by atoms with Gasteiger partial charge in [-0.15, -0.1) is 13.2 Å². The highest BCUT2D eigenvalue weighted by Crippen LogP contribution is 2.38. The SMILES string of the molecule is C=CCCCCc1cc(B2OC(C)(C)C(C)(C)O2)c(CCCCC=C)cc1B1OC(C)(C)C(C)(C)O1.CC. The fraction of sp³-hybridized carbons (Fsp3) is 0.688. The molecule has 2 saturated heterocycles. The molecule has 0 saturated carbocycles. The van der Waals surface area contributed by atoms with Gasteiger partial charge in [-0.1, -0.05) is 38.1 Å². The zero-order valence-electron chi connectivity index (χ0n) is 26.2. The van der Waals surface area contributed by atoms with Gasteiger partial charge in [0.05, 0.1) is 22.4 Å². The highest BCUT2D eigenvalue weighted by atomic mass is 16.7. The molecule has 0 atom stereocenters. The van der Waals surface area contributed by atoms with E-state index in [1.54, 1.807) is 0 Å². The van der Waals surface area contributed by atoms with E-state index < -0.39 is 0 Å². The van der Waals surface area contributed by atoms with Crippen molar-refractivity contribution in [2.75, 3.05) is 0 Å². The number of aryl methyl sites for hydroxylation is 2. The van der Waals surface area contributed by atoms with E-state index in [1.807, 2.05) is 26.0 Å². The maximum atomic E-state index is 6.53. The molecule has 3 rings (SSSR count). The Morgan fingerprint density at radius 3 is 1.13 bits per heavy atom. The van der Waals surface area contributed by atoms with Crippen LogP contribution in [-0.4, -0.2) is 36.6 Å². The largest absolute Gasteiger partial charge is 0.495 e. The maximum absolute atomic E-state index is 6.53. The molecule has 2 fully saturated rings. The van der Waals surface area contributed by atoms with Crippen molar-refractivity contribution in [3.63, 3.8) is 0 Å². The summed E-state index contributed by atoms with van der Waals surface area (Å²) in [5.74, 6) is 0. The highest BCUT2D eigenvalue weighted by Gasteiger charge is 2.54. The summed E-state index contributed by atoms with van der Waals surface area (Å²) in [5.41, 5.74) is 3.28. The van der Waals surface area contributed by atoms with Crippen LogP contribution in [0.25, 0.3) is 0 Å². The Morgan fingerprint density at radius 2 is 0.868 bits per heavy atom. The molecule has 1 aromatic rings. The lowest BCUT2D eigenvalue weighted by molar-refractivity contribution is 0.00578. The third-order valence-corrected chi connectivity index (χ3v) is 8.62. The first-order valence-electron chi connectivity index (χ1n) is 14.8. The van der Waals surface area contributed by atoms with Gasteiger partial charge in [-0.2, -0.15) is 0 Å². The summed E-state index contributed by atoms with van der Waals surface area (Å²) in [5, 5.41) is 0. The second-order valence-corrected chi connectivity index (χ2v) is 12.5. The quantitative estimate of drug-likeness (QED) is 0.166. The van der Waals surface area contributed by atoms with Crippen LogP contribution in [0.4, 0.5) is 0 Å². The molecule has 0 N–H and O–H groups in total. The van der Waals surface area contributed by atoms with Gasteiger partial charge < -0.3 is 18.6 Å². The fourth-order valence-corrected chi connectivity index (χ4v) is 4.75. The summed E-state index contributed by atoms with van der Waals surface area (Å²) in [6.07, 6.45) is 12.3. The van der Waals surface area contributed by atoms with Gasteiger partial charge >= 0.3 is 14.2 Å². The van der Waals surface area contributed by atoms with Gasteiger partial charge in [0.2, 0.25) is 0 Å². The van der Waals surface area contributed by atoms with Gasteiger partial charge in [0.15, 0.2) is 0 Å². The van der Waals surface area contributed by atoms with Crippen LogP contribution in [0.15, 0.2) is 37.4 Å². The minimum absolute atomic E-state index is 0.383. The Labute approximate surface area is 235 Å². The number of hydrogen-bond donors (Lipinski definition) is 0. The van der Waals surface area contributed by atoms with E-state index in [4.69, 9.17) is 18.6 Å². The monoisotopic (exact) mass is 524 g/mol. The third kappa shape index (κ3) is 7.44. The van der Waals surface area contributed by atoms with Crippen LogP contribution in [-0.2, 0) is 31.5 Å². The van der Waals surface area contributed by atoms with Crippen molar-refractivity contribution in [3.05, 3.63) is 48.6 Å². The maximum Gasteiger partial charge on any atom is 0.495 e. The first-order chi connectivity index (χ1) is 17.7. The highest BCUT2D eigenvalue weighted by molar-refractivity contribution is 6.65. The van der Waals surface area contributed by atoms with E-state index in [9.17, 15) is 0 Å². The summed E-state index contributed by atoms with van der Waals surface area (Å²) >= 11 is 0. The van der Waals surface area contributed by atoms with Crippen molar-refractivity contribution in [1.29, 1.82) is 0 Å². The van der Waals surface area contributed by atoms with Gasteiger partial charge in [-0.25, -0.2) is 0 Å². The number of allylic oxidation sites excluding steroid dienone is 2. The number of hydrogen-bond acceptors (Lipinski definition) is 4. The molecule has 0 bridgehead atoms. The topological polar surface area (TPSA) is 36.9 Å². The predicted octanol–water partition coefficient (Wildman–Crippen LogP) is 7.11. The molecule has 0 unspecified atom stereocenters. The number of benzene rings is 1. The average molecular weight is 524 g/mol. The van der Waals surface area contributed by atoms with Crippen LogP contribution in [0, 0.1) is 0 Å². The summed E-state index contributed by atoms with van der Waals surface area (Å²) < 4.78 is 26.1. The summed E-state index contributed by atoms with van der Waals surface area (Å²) in [6.45, 7) is 28.7. The normalized spacial score (nSPS) is 20.7. The lowest BCUT2D eigenvalue weighted by Crippen LogP contribution is -2.43. The standard InChI is InChI=1S/C30H48B2O4.C2H6/c1-11-13-15-17-19-23-21-26(32-35-29(7,8)30(9,10)36-32)24(20-18-16-14-12-2)22-25(23)31-33-27(3,4)28(5,6)34-31;1-2/h11-12,21-22H,1-2,13-20H2,3-10H3;1-2H3. The van der Waals surface area contributed by atoms with E-state index in [1.165, 1.54) is 11.1 Å². The molecule has 38 heavy (non-hydrogen) atoms. The van der Waals surface area contributed by atoms with E-state index >= 15 is 0 Å². The van der Waals surface area contributed by atoms with Crippen molar-refractivity contribution in [2.45, 2.75) is 143 Å². The van der Waals surface area contributed by atoms with Gasteiger partial charge in [-0.05, 0) is 129 Å². The van der Waals surface area contributed by atoms with Gasteiger partial charge in [0.1, 0.15) is 0 Å². The molecule has 0 aliphatic carbocycles. The summed E-state index contributed by atoms with van der Waals surface area (Å²) in [4.78, 5) is 0. The van der Waals surface area contributed by atoms with Crippen LogP contribution in [0.2, 0.25) is 0 Å². The van der Waals surface area contributed by atoms with E-state index in [-0.39, 0.29) is 36.6 Å². The summed E-state index contributed by atoms with van der Waals surface area (Å²) in [6, 6.07) is 4.64. The van der Waals surface area contributed by atoms with E-state index in [2.05, 4.69) is 80.7 Å². The molecule has 6 heteroatoms. The average Bonchev–Trinajstić information content (AvgIpc) is 3.20. The molecule has 2 heterocycles. The molecule has 212 valence electrons. The molecule has 1 aromatic carbocycles. The van der Waals surface area contributed by atoms with Crippen LogP contribution in [0.3, 0.4) is 0 Å². The first-order valence-corrected chi connectivity index (χ1v) is 14.8. The summed E-state index contributed by atoms with van der Waals surface area (Å²) in [7, 11) is -0.771. The van der Waals surface area contributed by atoms with Crippen LogP contribution in [0.5, 0.6) is 0 Å². The van der Waals surface area contributed by atoms with Gasteiger partial charge in [0, 0.05) is 0 Å². The minimum Gasteiger partial charge on any atom is -0.399 e. The van der Waals surface area contributed by atoms with Crippen molar-refractivity contribution in [1.82, 2.24) is 0 Å². The Balaban J connectivity index is 0.00000247. The van der Waals surface area contributed by atoms with Gasteiger partial charge in [0.25, 0.3) is 0 Å². The lowest BCUT2D eigenvalue weighted by atomic mass is 9.67. The Morgan fingerprint density at radius 1 is 0.579 bits per heavy atom. The molecule has 2 aliphatic heterocycles. The molecular weight excluding hydrogens is 470 g/mol. The third-order valence-electron chi connectivity index (χ3n) is 8.62. The Kier molecular flexibility index (Phi) is 11.6. The van der Waals surface area contributed by atoms with Crippen molar-refractivity contribution in [2.24, 2.45) is 0 Å². The Hall–Kier alpha value is -1.33. The minimum atomic E-state index is -0.385. The molecular formula is C32H54B2O4. The van der Waals surface area contributed by atoms with Crippen LogP contribution >= 0.6 is 0 Å². The van der Waals surface area contributed by atoms with Crippen molar-refractivity contribution in [3.8, 4) is 0 Å².